The molecule has 0 bridgehead atoms. The molecular formula is C16H14INO2. The van der Waals surface area contributed by atoms with E-state index >= 15 is 0 Å². The molecule has 0 fully saturated rings. The molecule has 0 atom stereocenters. The first kappa shape index (κ1) is 13.4. The van der Waals surface area contributed by atoms with E-state index in [2.05, 4.69) is 28.7 Å². The highest BCUT2D eigenvalue weighted by molar-refractivity contribution is 14.1. The Morgan fingerprint density at radius 1 is 1.25 bits per heavy atom. The van der Waals surface area contributed by atoms with Crippen molar-refractivity contribution in [2.45, 2.75) is 6.42 Å². The Hall–Kier alpha value is -1.56. The van der Waals surface area contributed by atoms with Gasteiger partial charge in [-0.15, -0.1) is 0 Å². The number of hydrogen-bond donors (Lipinski definition) is 0. The number of halogens is 1. The van der Waals surface area contributed by atoms with Crippen LogP contribution in [-0.2, 0) is 6.42 Å². The molecule has 3 nitrogen and oxygen atoms in total. The number of para-hydroxylation sites is 1. The number of benzene rings is 2. The average Bonchev–Trinajstić information content (AvgIpc) is 2.90. The van der Waals surface area contributed by atoms with Crippen LogP contribution in [0, 0.1) is 3.57 Å². The second-order valence-corrected chi connectivity index (χ2v) is 5.85. The maximum atomic E-state index is 12.6. The zero-order valence-electron chi connectivity index (χ0n) is 11.1. The maximum absolute atomic E-state index is 12.6. The van der Waals surface area contributed by atoms with E-state index in [1.165, 1.54) is 5.56 Å². The van der Waals surface area contributed by atoms with E-state index in [1.807, 2.05) is 41.3 Å². The molecule has 1 aliphatic rings. The molecule has 2 aromatic rings. The van der Waals surface area contributed by atoms with Gasteiger partial charge < -0.3 is 9.64 Å². The zero-order chi connectivity index (χ0) is 14.1. The summed E-state index contributed by atoms with van der Waals surface area (Å²) in [5, 5.41) is 0. The molecule has 2 aromatic carbocycles. The third kappa shape index (κ3) is 2.28. The number of hydrogen-bond acceptors (Lipinski definition) is 2. The monoisotopic (exact) mass is 379 g/mol. The molecule has 0 unspecified atom stereocenters. The number of rotatable bonds is 2. The van der Waals surface area contributed by atoms with Crippen LogP contribution in [0.1, 0.15) is 15.9 Å². The molecule has 0 spiro atoms. The van der Waals surface area contributed by atoms with Gasteiger partial charge in [-0.1, -0.05) is 18.2 Å². The first-order valence-electron chi connectivity index (χ1n) is 6.44. The van der Waals surface area contributed by atoms with E-state index in [-0.39, 0.29) is 5.91 Å². The second kappa shape index (κ2) is 5.44. The predicted molar refractivity (Wildman–Crippen MR) is 87.5 cm³/mol. The summed E-state index contributed by atoms with van der Waals surface area (Å²) in [6.07, 6.45) is 0.926. The molecule has 0 saturated carbocycles. The molecule has 0 aromatic heterocycles. The van der Waals surface area contributed by atoms with E-state index < -0.39 is 0 Å². The lowest BCUT2D eigenvalue weighted by Crippen LogP contribution is -2.28. The fourth-order valence-corrected chi connectivity index (χ4v) is 3.24. The summed E-state index contributed by atoms with van der Waals surface area (Å²) >= 11 is 2.19. The molecule has 4 heteroatoms. The minimum absolute atomic E-state index is 0.0514. The van der Waals surface area contributed by atoms with Crippen LogP contribution in [0.15, 0.2) is 42.5 Å². The summed E-state index contributed by atoms with van der Waals surface area (Å²) in [5.74, 6) is 0.847. The molecule has 0 N–H and O–H groups in total. The smallest absolute Gasteiger partial charge is 0.258 e. The Bertz CT molecular complexity index is 669. The van der Waals surface area contributed by atoms with Gasteiger partial charge in [0.2, 0.25) is 0 Å². The fourth-order valence-electron chi connectivity index (χ4n) is 2.50. The highest BCUT2D eigenvalue weighted by Crippen LogP contribution is 2.30. The van der Waals surface area contributed by atoms with Crippen molar-refractivity contribution in [2.75, 3.05) is 18.6 Å². The molecule has 20 heavy (non-hydrogen) atoms. The first-order chi connectivity index (χ1) is 9.70. The highest BCUT2D eigenvalue weighted by Gasteiger charge is 2.25. The normalized spacial score (nSPS) is 13.2. The van der Waals surface area contributed by atoms with E-state index in [0.717, 1.165) is 28.0 Å². The van der Waals surface area contributed by atoms with E-state index in [4.69, 9.17) is 4.74 Å². The first-order valence-corrected chi connectivity index (χ1v) is 7.52. The summed E-state index contributed by atoms with van der Waals surface area (Å²) in [6.45, 7) is 0.751. The summed E-state index contributed by atoms with van der Waals surface area (Å²) < 4.78 is 6.18. The predicted octanol–water partition coefficient (Wildman–Crippen LogP) is 3.50. The van der Waals surface area contributed by atoms with Crippen LogP contribution in [0.3, 0.4) is 0 Å². The molecule has 0 aliphatic carbocycles. The number of nitrogens with zero attached hydrogens (tertiary/aromatic N) is 1. The third-order valence-electron chi connectivity index (χ3n) is 3.53. The zero-order valence-corrected chi connectivity index (χ0v) is 13.3. The Kier molecular flexibility index (Phi) is 3.65. The van der Waals surface area contributed by atoms with E-state index in [9.17, 15) is 4.79 Å². The number of carbonyl (C=O) groups excluding carboxylic acids is 1. The Labute approximate surface area is 131 Å². The standard InChI is InChI=1S/C16H14INO2/c1-20-15-7-6-12(10-13(15)17)16(19)18-9-8-11-4-2-3-5-14(11)18/h2-7,10H,8-9H2,1H3. The number of carbonyl (C=O) groups is 1. The number of fused-ring (bicyclic) bond motifs is 1. The average molecular weight is 379 g/mol. The topological polar surface area (TPSA) is 29.5 Å². The van der Waals surface area contributed by atoms with Crippen LogP contribution in [0.25, 0.3) is 0 Å². The third-order valence-corrected chi connectivity index (χ3v) is 4.37. The van der Waals surface area contributed by atoms with Crippen LogP contribution in [0.5, 0.6) is 5.75 Å². The van der Waals surface area contributed by atoms with Crippen LogP contribution in [-0.4, -0.2) is 19.6 Å². The molecule has 102 valence electrons. The van der Waals surface area contributed by atoms with Crippen LogP contribution < -0.4 is 9.64 Å². The Balaban J connectivity index is 1.93. The van der Waals surface area contributed by atoms with Crippen LogP contribution in [0.2, 0.25) is 0 Å². The van der Waals surface area contributed by atoms with Crippen molar-refractivity contribution in [3.63, 3.8) is 0 Å². The fraction of sp³-hybridized carbons (Fsp3) is 0.188. The van der Waals surface area contributed by atoms with Crippen molar-refractivity contribution >= 4 is 34.2 Å². The number of anilines is 1. The van der Waals surface area contributed by atoms with Gasteiger partial charge in [0.15, 0.2) is 0 Å². The number of ether oxygens (including phenoxy) is 1. The lowest BCUT2D eigenvalue weighted by Gasteiger charge is -2.17. The van der Waals surface area contributed by atoms with Crippen molar-refractivity contribution in [1.82, 2.24) is 0 Å². The van der Waals surface area contributed by atoms with Gasteiger partial charge in [-0.25, -0.2) is 0 Å². The number of methoxy groups -OCH3 is 1. The molecule has 1 amide bonds. The highest BCUT2D eigenvalue weighted by atomic mass is 127. The van der Waals surface area contributed by atoms with Gasteiger partial charge in [0.25, 0.3) is 5.91 Å². The van der Waals surface area contributed by atoms with Crippen LogP contribution in [0.4, 0.5) is 5.69 Å². The van der Waals surface area contributed by atoms with Crippen molar-refractivity contribution in [3.8, 4) is 5.75 Å². The molecule has 0 radical (unpaired) electrons. The van der Waals surface area contributed by atoms with Gasteiger partial charge in [-0.3, -0.25) is 4.79 Å². The van der Waals surface area contributed by atoms with Gasteiger partial charge in [-0.05, 0) is 58.8 Å². The van der Waals surface area contributed by atoms with Crippen molar-refractivity contribution in [3.05, 3.63) is 57.2 Å². The number of amides is 1. The van der Waals surface area contributed by atoms with Crippen molar-refractivity contribution in [2.24, 2.45) is 0 Å². The van der Waals surface area contributed by atoms with Gasteiger partial charge in [0.1, 0.15) is 5.75 Å². The van der Waals surface area contributed by atoms with Crippen molar-refractivity contribution in [1.29, 1.82) is 0 Å². The lowest BCUT2D eigenvalue weighted by molar-refractivity contribution is 0.0989. The summed E-state index contributed by atoms with van der Waals surface area (Å²) in [7, 11) is 1.63. The summed E-state index contributed by atoms with van der Waals surface area (Å²) in [5.41, 5.74) is 2.97. The molecule has 1 heterocycles. The van der Waals surface area contributed by atoms with Crippen molar-refractivity contribution < 1.29 is 9.53 Å². The molecular weight excluding hydrogens is 365 g/mol. The van der Waals surface area contributed by atoms with Gasteiger partial charge >= 0.3 is 0 Å². The Morgan fingerprint density at radius 3 is 2.80 bits per heavy atom. The SMILES string of the molecule is COc1ccc(C(=O)N2CCc3ccccc32)cc1I. The summed E-state index contributed by atoms with van der Waals surface area (Å²) in [6, 6.07) is 13.6. The maximum Gasteiger partial charge on any atom is 0.258 e. The minimum Gasteiger partial charge on any atom is -0.496 e. The quantitative estimate of drug-likeness (QED) is 0.748. The molecule has 0 saturated heterocycles. The van der Waals surface area contributed by atoms with Gasteiger partial charge in [0.05, 0.1) is 10.7 Å². The second-order valence-electron chi connectivity index (χ2n) is 4.68. The van der Waals surface area contributed by atoms with Gasteiger partial charge in [-0.2, -0.15) is 0 Å². The minimum atomic E-state index is 0.0514. The van der Waals surface area contributed by atoms with Crippen LogP contribution >= 0.6 is 22.6 Å². The lowest BCUT2D eigenvalue weighted by atomic mass is 10.1. The van der Waals surface area contributed by atoms with E-state index in [0.29, 0.717) is 5.56 Å². The summed E-state index contributed by atoms with van der Waals surface area (Å²) in [4.78, 5) is 14.5. The van der Waals surface area contributed by atoms with E-state index in [1.54, 1.807) is 7.11 Å². The Morgan fingerprint density at radius 2 is 2.05 bits per heavy atom. The largest absolute Gasteiger partial charge is 0.496 e. The molecule has 3 rings (SSSR count). The molecule has 1 aliphatic heterocycles. The van der Waals surface area contributed by atoms with Gasteiger partial charge in [0, 0.05) is 17.8 Å².